The van der Waals surface area contributed by atoms with Gasteiger partial charge in [-0.25, -0.2) is 8.42 Å². The van der Waals surface area contributed by atoms with E-state index in [9.17, 15) is 8.42 Å². The van der Waals surface area contributed by atoms with E-state index in [0.29, 0.717) is 17.4 Å². The minimum Gasteiger partial charge on any atom is -0.370 e. The first-order valence-corrected chi connectivity index (χ1v) is 9.54. The molecule has 0 atom stereocenters. The number of rotatable bonds is 6. The summed E-state index contributed by atoms with van der Waals surface area (Å²) in [7, 11) is -3.32. The van der Waals surface area contributed by atoms with E-state index in [1.54, 1.807) is 12.1 Å². The number of nitrogens with one attached hydrogen (secondary N) is 1. The number of sulfone groups is 1. The average Bonchev–Trinajstić information content (AvgIpc) is 2.44. The minimum atomic E-state index is -3.32. The van der Waals surface area contributed by atoms with Gasteiger partial charge in [-0.1, -0.05) is 46.8 Å². The largest absolute Gasteiger partial charge is 0.370 e. The summed E-state index contributed by atoms with van der Waals surface area (Å²) in [5.41, 5.74) is 6.82. The predicted octanol–water partition coefficient (Wildman–Crippen LogP) is 2.32. The Kier molecular flexibility index (Phi) is 6.62. The lowest BCUT2D eigenvalue weighted by Gasteiger charge is -2.19. The van der Waals surface area contributed by atoms with Gasteiger partial charge in [-0.05, 0) is 29.0 Å². The maximum Gasteiger partial charge on any atom is 0.188 e. The Morgan fingerprint density at radius 3 is 2.26 bits per heavy atom. The van der Waals surface area contributed by atoms with E-state index < -0.39 is 9.84 Å². The molecule has 0 radical (unpaired) electrons. The van der Waals surface area contributed by atoms with E-state index in [1.807, 2.05) is 26.0 Å². The van der Waals surface area contributed by atoms with Gasteiger partial charge in [0.05, 0.1) is 10.6 Å². The quantitative estimate of drug-likeness (QED) is 0.615. The van der Waals surface area contributed by atoms with Crippen molar-refractivity contribution in [2.75, 3.05) is 18.8 Å². The normalized spacial score (nSPS) is 13.4. The molecule has 0 spiro atoms. The van der Waals surface area contributed by atoms with Crippen LogP contribution in [0.2, 0.25) is 0 Å². The third-order valence-corrected chi connectivity index (χ3v) is 5.12. The van der Waals surface area contributed by atoms with Gasteiger partial charge in [0.2, 0.25) is 0 Å². The van der Waals surface area contributed by atoms with Crippen LogP contribution in [-0.4, -0.2) is 33.2 Å². The predicted molar refractivity (Wildman–Crippen MR) is 96.5 cm³/mol. The van der Waals surface area contributed by atoms with Crippen LogP contribution in [0.1, 0.15) is 40.2 Å². The monoisotopic (exact) mass is 339 g/mol. The standard InChI is InChI=1S/C17H29N3O2S/c1-13(2)12-20-16(18)19-10-11-23(21,22)15-8-6-14(7-9-15)17(3,4)5/h6-9,13H,10-12H2,1-5H3,(H3,18,19,20). The topological polar surface area (TPSA) is 84.5 Å². The van der Waals surface area contributed by atoms with E-state index in [0.717, 1.165) is 5.56 Å². The lowest BCUT2D eigenvalue weighted by molar-refractivity contribution is 0.586. The van der Waals surface area contributed by atoms with Gasteiger partial charge >= 0.3 is 0 Å². The van der Waals surface area contributed by atoms with Crippen LogP contribution in [0.25, 0.3) is 0 Å². The second-order valence-electron chi connectivity index (χ2n) is 7.14. The molecule has 130 valence electrons. The fourth-order valence-corrected chi connectivity index (χ4v) is 3.09. The van der Waals surface area contributed by atoms with Gasteiger partial charge in [0.15, 0.2) is 15.8 Å². The molecule has 6 heteroatoms. The van der Waals surface area contributed by atoms with E-state index in [4.69, 9.17) is 5.73 Å². The van der Waals surface area contributed by atoms with Gasteiger partial charge in [-0.2, -0.15) is 0 Å². The molecule has 1 aromatic carbocycles. The van der Waals surface area contributed by atoms with E-state index in [-0.39, 0.29) is 23.7 Å². The van der Waals surface area contributed by atoms with Crippen LogP contribution in [0.15, 0.2) is 34.2 Å². The Balaban J connectivity index is 2.64. The minimum absolute atomic E-state index is 0.00514. The lowest BCUT2D eigenvalue weighted by atomic mass is 9.87. The van der Waals surface area contributed by atoms with Crippen LogP contribution in [0.3, 0.4) is 0 Å². The fourth-order valence-electron chi connectivity index (χ4n) is 1.93. The molecule has 3 N–H and O–H groups in total. The van der Waals surface area contributed by atoms with Crippen LogP contribution in [0, 0.1) is 5.92 Å². The third kappa shape index (κ3) is 6.60. The molecule has 0 aliphatic heterocycles. The van der Waals surface area contributed by atoms with Crippen molar-refractivity contribution in [2.24, 2.45) is 16.6 Å². The second kappa shape index (κ2) is 7.81. The molecule has 0 aromatic heterocycles. The molecule has 0 heterocycles. The number of guanidine groups is 1. The summed E-state index contributed by atoms with van der Waals surface area (Å²) in [5, 5.41) is 2.85. The number of aliphatic imine (C=N–C) groups is 1. The SMILES string of the molecule is CC(C)CN=C(N)NCCS(=O)(=O)c1ccc(C(C)(C)C)cc1. The van der Waals surface area contributed by atoms with Gasteiger partial charge in [-0.3, -0.25) is 4.99 Å². The summed E-state index contributed by atoms with van der Waals surface area (Å²) in [4.78, 5) is 4.48. The van der Waals surface area contributed by atoms with Crippen molar-refractivity contribution < 1.29 is 8.42 Å². The molecular weight excluding hydrogens is 310 g/mol. The Hall–Kier alpha value is -1.56. The van der Waals surface area contributed by atoms with Crippen LogP contribution >= 0.6 is 0 Å². The van der Waals surface area contributed by atoms with Crippen molar-refractivity contribution in [2.45, 2.75) is 44.9 Å². The van der Waals surface area contributed by atoms with Crippen LogP contribution < -0.4 is 11.1 Å². The maximum atomic E-state index is 12.3. The molecule has 0 amide bonds. The highest BCUT2D eigenvalue weighted by molar-refractivity contribution is 7.91. The molecule has 1 rings (SSSR count). The Labute approximate surface area is 140 Å². The molecular formula is C17H29N3O2S. The molecule has 0 bridgehead atoms. The summed E-state index contributed by atoms with van der Waals surface area (Å²) in [5.74, 6) is 0.692. The highest BCUT2D eigenvalue weighted by Gasteiger charge is 2.17. The zero-order chi connectivity index (χ0) is 17.7. The molecule has 0 aliphatic rings. The van der Waals surface area contributed by atoms with E-state index in [2.05, 4.69) is 31.1 Å². The van der Waals surface area contributed by atoms with E-state index >= 15 is 0 Å². The molecule has 1 aromatic rings. The molecule has 0 unspecified atom stereocenters. The molecule has 5 nitrogen and oxygen atoms in total. The number of nitrogens with zero attached hydrogens (tertiary/aromatic N) is 1. The van der Waals surface area contributed by atoms with Gasteiger partial charge in [0, 0.05) is 13.1 Å². The van der Waals surface area contributed by atoms with Crippen LogP contribution in [-0.2, 0) is 15.3 Å². The van der Waals surface area contributed by atoms with Crippen molar-refractivity contribution in [1.82, 2.24) is 5.32 Å². The summed E-state index contributed by atoms with van der Waals surface area (Å²) in [6.45, 7) is 11.3. The van der Waals surface area contributed by atoms with Gasteiger partial charge in [-0.15, -0.1) is 0 Å². The number of hydrogen-bond donors (Lipinski definition) is 2. The Morgan fingerprint density at radius 1 is 1.22 bits per heavy atom. The van der Waals surface area contributed by atoms with Gasteiger partial charge in [0.25, 0.3) is 0 Å². The highest BCUT2D eigenvalue weighted by Crippen LogP contribution is 2.23. The molecule has 0 aliphatic carbocycles. The third-order valence-electron chi connectivity index (χ3n) is 3.38. The van der Waals surface area contributed by atoms with Crippen molar-refractivity contribution in [3.63, 3.8) is 0 Å². The molecule has 23 heavy (non-hydrogen) atoms. The lowest BCUT2D eigenvalue weighted by Crippen LogP contribution is -2.35. The summed E-state index contributed by atoms with van der Waals surface area (Å²) in [6.07, 6.45) is 0. The van der Waals surface area contributed by atoms with Crippen molar-refractivity contribution >= 4 is 15.8 Å². The van der Waals surface area contributed by atoms with Crippen molar-refractivity contribution in [1.29, 1.82) is 0 Å². The van der Waals surface area contributed by atoms with E-state index in [1.165, 1.54) is 0 Å². The van der Waals surface area contributed by atoms with Crippen LogP contribution in [0.5, 0.6) is 0 Å². The molecule has 0 saturated carbocycles. The summed E-state index contributed by atoms with van der Waals surface area (Å²) < 4.78 is 24.6. The number of nitrogens with two attached hydrogens (primary N) is 1. The summed E-state index contributed by atoms with van der Waals surface area (Å²) >= 11 is 0. The van der Waals surface area contributed by atoms with Gasteiger partial charge < -0.3 is 11.1 Å². The first kappa shape index (κ1) is 19.5. The summed E-state index contributed by atoms with van der Waals surface area (Å²) in [6, 6.07) is 7.09. The maximum absolute atomic E-state index is 12.3. The molecule has 0 saturated heterocycles. The molecule has 0 fully saturated rings. The zero-order valence-electron chi connectivity index (χ0n) is 14.8. The van der Waals surface area contributed by atoms with Crippen molar-refractivity contribution in [3.8, 4) is 0 Å². The smallest absolute Gasteiger partial charge is 0.188 e. The highest BCUT2D eigenvalue weighted by atomic mass is 32.2. The van der Waals surface area contributed by atoms with Crippen LogP contribution in [0.4, 0.5) is 0 Å². The fraction of sp³-hybridized carbons (Fsp3) is 0.588. The Morgan fingerprint density at radius 2 is 1.78 bits per heavy atom. The Bertz CT molecular complexity index is 627. The number of benzene rings is 1. The first-order valence-electron chi connectivity index (χ1n) is 7.89. The first-order chi connectivity index (χ1) is 10.5. The average molecular weight is 340 g/mol. The number of hydrogen-bond acceptors (Lipinski definition) is 3. The van der Waals surface area contributed by atoms with Crippen molar-refractivity contribution in [3.05, 3.63) is 29.8 Å². The zero-order valence-corrected chi connectivity index (χ0v) is 15.6. The second-order valence-corrected chi connectivity index (χ2v) is 9.25. The van der Waals surface area contributed by atoms with Gasteiger partial charge in [0.1, 0.15) is 0 Å².